The van der Waals surface area contributed by atoms with Gasteiger partial charge in [-0.25, -0.2) is 9.37 Å². The van der Waals surface area contributed by atoms with Crippen molar-refractivity contribution in [1.29, 1.82) is 5.26 Å². The first-order chi connectivity index (χ1) is 9.60. The second-order valence-corrected chi connectivity index (χ2v) is 5.13. The molecule has 98 valence electrons. The SMILES string of the molecule is N#Cc1ccc(Br)cc1-n1c(N)nc2ccc(F)cc21. The molecule has 0 amide bonds. The van der Waals surface area contributed by atoms with E-state index in [1.54, 1.807) is 28.8 Å². The Morgan fingerprint density at radius 1 is 1.25 bits per heavy atom. The first-order valence-corrected chi connectivity index (χ1v) is 6.53. The van der Waals surface area contributed by atoms with Crippen LogP contribution in [0.2, 0.25) is 0 Å². The van der Waals surface area contributed by atoms with Gasteiger partial charge in [-0.3, -0.25) is 4.57 Å². The van der Waals surface area contributed by atoms with Crippen molar-refractivity contribution >= 4 is 32.9 Å². The summed E-state index contributed by atoms with van der Waals surface area (Å²) in [6, 6.07) is 11.5. The van der Waals surface area contributed by atoms with Gasteiger partial charge in [0.1, 0.15) is 11.9 Å². The van der Waals surface area contributed by atoms with Crippen LogP contribution in [-0.4, -0.2) is 9.55 Å². The minimum absolute atomic E-state index is 0.209. The standard InChI is InChI=1S/C14H8BrFN4/c15-9-2-1-8(7-17)12(5-9)20-13-6-10(16)3-4-11(13)19-14(20)18/h1-6H,(H2,18,19). The zero-order valence-electron chi connectivity index (χ0n) is 10.1. The molecular formula is C14H8BrFN4. The Balaban J connectivity index is 2.40. The maximum Gasteiger partial charge on any atom is 0.205 e. The van der Waals surface area contributed by atoms with Crippen LogP contribution in [0.25, 0.3) is 16.7 Å². The molecule has 1 aromatic heterocycles. The number of nitriles is 1. The van der Waals surface area contributed by atoms with Crippen LogP contribution in [0.4, 0.5) is 10.3 Å². The van der Waals surface area contributed by atoms with Crippen molar-refractivity contribution in [3.8, 4) is 11.8 Å². The molecule has 3 rings (SSSR count). The maximum atomic E-state index is 13.4. The molecule has 0 saturated carbocycles. The molecule has 0 unspecified atom stereocenters. The number of imidazole rings is 1. The van der Waals surface area contributed by atoms with E-state index in [-0.39, 0.29) is 11.8 Å². The summed E-state index contributed by atoms with van der Waals surface area (Å²) in [6.07, 6.45) is 0. The van der Waals surface area contributed by atoms with E-state index >= 15 is 0 Å². The molecule has 4 nitrogen and oxygen atoms in total. The fourth-order valence-electron chi connectivity index (χ4n) is 2.10. The number of aromatic nitrogens is 2. The Kier molecular flexibility index (Phi) is 2.92. The zero-order valence-corrected chi connectivity index (χ0v) is 11.7. The van der Waals surface area contributed by atoms with E-state index in [2.05, 4.69) is 27.0 Å². The van der Waals surface area contributed by atoms with Crippen LogP contribution in [0.5, 0.6) is 0 Å². The summed E-state index contributed by atoms with van der Waals surface area (Å²) in [6.45, 7) is 0. The monoisotopic (exact) mass is 330 g/mol. The van der Waals surface area contributed by atoms with Gasteiger partial charge in [0, 0.05) is 10.5 Å². The first-order valence-electron chi connectivity index (χ1n) is 5.73. The summed E-state index contributed by atoms with van der Waals surface area (Å²) < 4.78 is 15.8. The molecule has 2 N–H and O–H groups in total. The maximum absolute atomic E-state index is 13.4. The van der Waals surface area contributed by atoms with Crippen molar-refractivity contribution in [2.24, 2.45) is 0 Å². The van der Waals surface area contributed by atoms with Gasteiger partial charge in [-0.15, -0.1) is 0 Å². The van der Waals surface area contributed by atoms with Gasteiger partial charge in [0.25, 0.3) is 0 Å². The number of nitrogen functional groups attached to an aromatic ring is 1. The predicted molar refractivity (Wildman–Crippen MR) is 77.9 cm³/mol. The number of halogens is 2. The van der Waals surface area contributed by atoms with E-state index in [1.165, 1.54) is 12.1 Å². The van der Waals surface area contributed by atoms with Crippen molar-refractivity contribution in [3.05, 3.63) is 52.3 Å². The highest BCUT2D eigenvalue weighted by atomic mass is 79.9. The Morgan fingerprint density at radius 3 is 2.80 bits per heavy atom. The molecule has 6 heteroatoms. The lowest BCUT2D eigenvalue weighted by atomic mass is 10.2. The van der Waals surface area contributed by atoms with Crippen LogP contribution in [0.3, 0.4) is 0 Å². The number of anilines is 1. The molecule has 2 aromatic carbocycles. The summed E-state index contributed by atoms with van der Waals surface area (Å²) in [4.78, 5) is 4.19. The molecule has 1 heterocycles. The lowest BCUT2D eigenvalue weighted by Gasteiger charge is -2.09. The van der Waals surface area contributed by atoms with Gasteiger partial charge in [0.2, 0.25) is 5.95 Å². The van der Waals surface area contributed by atoms with E-state index in [0.717, 1.165) is 4.47 Å². The summed E-state index contributed by atoms with van der Waals surface area (Å²) in [7, 11) is 0. The van der Waals surface area contributed by atoms with E-state index < -0.39 is 0 Å². The lowest BCUT2D eigenvalue weighted by molar-refractivity contribution is 0.629. The summed E-state index contributed by atoms with van der Waals surface area (Å²) in [5.74, 6) is -0.174. The molecule has 0 atom stereocenters. The zero-order chi connectivity index (χ0) is 14.3. The molecule has 3 aromatic rings. The Labute approximate surface area is 122 Å². The topological polar surface area (TPSA) is 67.6 Å². The second kappa shape index (κ2) is 4.62. The van der Waals surface area contributed by atoms with Gasteiger partial charge in [-0.1, -0.05) is 15.9 Å². The van der Waals surface area contributed by atoms with Crippen molar-refractivity contribution in [2.45, 2.75) is 0 Å². The number of nitrogens with two attached hydrogens (primary N) is 1. The average Bonchev–Trinajstić information content (AvgIpc) is 2.74. The second-order valence-electron chi connectivity index (χ2n) is 4.21. The number of benzene rings is 2. The van der Waals surface area contributed by atoms with E-state index in [4.69, 9.17) is 5.73 Å². The van der Waals surface area contributed by atoms with Crippen LogP contribution < -0.4 is 5.73 Å². The highest BCUT2D eigenvalue weighted by Crippen LogP contribution is 2.27. The largest absolute Gasteiger partial charge is 0.369 e. The van der Waals surface area contributed by atoms with Crippen molar-refractivity contribution in [2.75, 3.05) is 5.73 Å². The van der Waals surface area contributed by atoms with Crippen molar-refractivity contribution < 1.29 is 4.39 Å². The van der Waals surface area contributed by atoms with Gasteiger partial charge < -0.3 is 5.73 Å². The molecule has 0 radical (unpaired) electrons. The molecule has 0 bridgehead atoms. The summed E-state index contributed by atoms with van der Waals surface area (Å²) in [5.41, 5.74) is 8.01. The number of rotatable bonds is 1. The van der Waals surface area contributed by atoms with Crippen LogP contribution in [0.15, 0.2) is 40.9 Å². The van der Waals surface area contributed by atoms with Crippen LogP contribution in [0.1, 0.15) is 5.56 Å². The minimum Gasteiger partial charge on any atom is -0.369 e. The third kappa shape index (κ3) is 1.92. The number of hydrogen-bond donors (Lipinski definition) is 1. The van der Waals surface area contributed by atoms with Gasteiger partial charge in [0.15, 0.2) is 0 Å². The van der Waals surface area contributed by atoms with Crippen LogP contribution in [0, 0.1) is 17.1 Å². The highest BCUT2D eigenvalue weighted by molar-refractivity contribution is 9.10. The fourth-order valence-corrected chi connectivity index (χ4v) is 2.45. The predicted octanol–water partition coefficient (Wildman–Crippen LogP) is 3.38. The fraction of sp³-hybridized carbons (Fsp3) is 0. The summed E-state index contributed by atoms with van der Waals surface area (Å²) in [5, 5.41) is 9.21. The number of fused-ring (bicyclic) bond motifs is 1. The molecule has 0 fully saturated rings. The molecule has 0 aliphatic rings. The Hall–Kier alpha value is -2.39. The van der Waals surface area contributed by atoms with Crippen LogP contribution >= 0.6 is 15.9 Å². The number of nitrogens with zero attached hydrogens (tertiary/aromatic N) is 3. The van der Waals surface area contributed by atoms with E-state index in [0.29, 0.717) is 22.3 Å². The molecule has 0 saturated heterocycles. The van der Waals surface area contributed by atoms with Gasteiger partial charge in [0.05, 0.1) is 22.3 Å². The molecule has 20 heavy (non-hydrogen) atoms. The van der Waals surface area contributed by atoms with Crippen LogP contribution in [-0.2, 0) is 0 Å². The Bertz CT molecular complexity index is 863. The third-order valence-electron chi connectivity index (χ3n) is 2.96. The lowest BCUT2D eigenvalue weighted by Crippen LogP contribution is -2.03. The van der Waals surface area contributed by atoms with Crippen molar-refractivity contribution in [1.82, 2.24) is 9.55 Å². The summed E-state index contributed by atoms with van der Waals surface area (Å²) >= 11 is 3.36. The normalized spacial score (nSPS) is 10.7. The average molecular weight is 331 g/mol. The minimum atomic E-state index is -0.382. The van der Waals surface area contributed by atoms with Gasteiger partial charge in [-0.05, 0) is 30.3 Å². The molecule has 0 aliphatic carbocycles. The first kappa shape index (κ1) is 12.6. The molecule has 0 spiro atoms. The highest BCUT2D eigenvalue weighted by Gasteiger charge is 2.14. The quantitative estimate of drug-likeness (QED) is 0.743. The number of hydrogen-bond acceptors (Lipinski definition) is 3. The van der Waals surface area contributed by atoms with E-state index in [9.17, 15) is 9.65 Å². The van der Waals surface area contributed by atoms with Gasteiger partial charge >= 0.3 is 0 Å². The molecule has 0 aliphatic heterocycles. The third-order valence-corrected chi connectivity index (χ3v) is 3.46. The Morgan fingerprint density at radius 2 is 2.05 bits per heavy atom. The smallest absolute Gasteiger partial charge is 0.205 e. The van der Waals surface area contributed by atoms with Gasteiger partial charge in [-0.2, -0.15) is 5.26 Å². The van der Waals surface area contributed by atoms with Crippen molar-refractivity contribution in [3.63, 3.8) is 0 Å². The van der Waals surface area contributed by atoms with E-state index in [1.807, 2.05) is 0 Å². The molecular weight excluding hydrogens is 323 g/mol.